The average Bonchev–Trinajstić information content (AvgIpc) is 2.63. The molecule has 5 heteroatoms. The van der Waals surface area contributed by atoms with Crippen LogP contribution in [0.2, 0.25) is 0 Å². The lowest BCUT2D eigenvalue weighted by atomic mass is 10.2. The molecule has 0 bridgehead atoms. The van der Waals surface area contributed by atoms with Crippen LogP contribution in [0, 0.1) is 6.92 Å². The third-order valence-corrected chi connectivity index (χ3v) is 2.73. The summed E-state index contributed by atoms with van der Waals surface area (Å²) >= 11 is 0. The summed E-state index contributed by atoms with van der Waals surface area (Å²) in [5.41, 5.74) is 2.29. The number of benzene rings is 1. The molecule has 90 valence electrons. The van der Waals surface area contributed by atoms with Gasteiger partial charge in [0.05, 0.1) is 5.52 Å². The van der Waals surface area contributed by atoms with Gasteiger partial charge in [0, 0.05) is 20.0 Å². The third-order valence-electron chi connectivity index (χ3n) is 2.73. The number of hydrogen-bond acceptors (Lipinski definition) is 3. The molecule has 0 saturated carbocycles. The van der Waals surface area contributed by atoms with Gasteiger partial charge in [0.15, 0.2) is 5.58 Å². The van der Waals surface area contributed by atoms with Crippen LogP contribution in [0.4, 0.5) is 0 Å². The summed E-state index contributed by atoms with van der Waals surface area (Å²) in [4.78, 5) is 22.8. The summed E-state index contributed by atoms with van der Waals surface area (Å²) in [5, 5.41) is 2.52. The standard InChI is InChI=1S/C12H14N2O3/c1-8-4-3-5-9-11(8)14(12(16)17-9)7-6-10(15)13-2/h3-5H,6-7H2,1-2H3,(H,13,15). The number of nitrogens with one attached hydrogen (secondary N) is 1. The van der Waals surface area contributed by atoms with E-state index in [-0.39, 0.29) is 12.3 Å². The third kappa shape index (κ3) is 2.08. The summed E-state index contributed by atoms with van der Waals surface area (Å²) in [5.74, 6) is -0.516. The molecule has 2 aromatic rings. The van der Waals surface area contributed by atoms with Gasteiger partial charge in [-0.1, -0.05) is 12.1 Å². The zero-order chi connectivity index (χ0) is 12.4. The normalized spacial score (nSPS) is 10.7. The van der Waals surface area contributed by atoms with Crippen LogP contribution in [-0.4, -0.2) is 17.5 Å². The van der Waals surface area contributed by atoms with Gasteiger partial charge in [0.2, 0.25) is 5.91 Å². The Morgan fingerprint density at radius 1 is 1.47 bits per heavy atom. The zero-order valence-corrected chi connectivity index (χ0v) is 9.82. The van der Waals surface area contributed by atoms with Crippen molar-refractivity contribution in [2.75, 3.05) is 7.05 Å². The molecule has 17 heavy (non-hydrogen) atoms. The Bertz CT molecular complexity index is 610. The van der Waals surface area contributed by atoms with E-state index >= 15 is 0 Å². The molecule has 1 N–H and O–H groups in total. The molecule has 0 aliphatic carbocycles. The maximum Gasteiger partial charge on any atom is 0.419 e. The summed E-state index contributed by atoms with van der Waals surface area (Å²) in [7, 11) is 1.57. The fraction of sp³-hybridized carbons (Fsp3) is 0.333. The lowest BCUT2D eigenvalue weighted by Gasteiger charge is -2.03. The van der Waals surface area contributed by atoms with Crippen LogP contribution < -0.4 is 11.1 Å². The highest BCUT2D eigenvalue weighted by atomic mass is 16.4. The SMILES string of the molecule is CNC(=O)CCn1c(=O)oc2cccc(C)c21. The van der Waals surface area contributed by atoms with E-state index < -0.39 is 5.76 Å². The predicted octanol–water partition coefficient (Wildman–Crippen LogP) is 1.04. The molecule has 2 rings (SSSR count). The van der Waals surface area contributed by atoms with Crippen LogP contribution in [0.1, 0.15) is 12.0 Å². The summed E-state index contributed by atoms with van der Waals surface area (Å²) in [6, 6.07) is 5.50. The van der Waals surface area contributed by atoms with Crippen LogP contribution in [0.15, 0.2) is 27.4 Å². The van der Waals surface area contributed by atoms with Crippen LogP contribution in [0.5, 0.6) is 0 Å². The molecule has 1 amide bonds. The van der Waals surface area contributed by atoms with Crippen LogP contribution >= 0.6 is 0 Å². The highest BCUT2D eigenvalue weighted by molar-refractivity contribution is 5.78. The highest BCUT2D eigenvalue weighted by Gasteiger charge is 2.11. The molecular formula is C12H14N2O3. The molecule has 0 radical (unpaired) electrons. The monoisotopic (exact) mass is 234 g/mol. The van der Waals surface area contributed by atoms with Crippen LogP contribution in [-0.2, 0) is 11.3 Å². The van der Waals surface area contributed by atoms with Crippen molar-refractivity contribution < 1.29 is 9.21 Å². The number of fused-ring (bicyclic) bond motifs is 1. The van der Waals surface area contributed by atoms with Crippen molar-refractivity contribution in [2.45, 2.75) is 19.9 Å². The molecule has 1 heterocycles. The van der Waals surface area contributed by atoms with Crippen molar-refractivity contribution in [1.29, 1.82) is 0 Å². The number of carbonyl (C=O) groups excluding carboxylic acids is 1. The van der Waals surface area contributed by atoms with Crippen molar-refractivity contribution in [3.05, 3.63) is 34.3 Å². The number of amides is 1. The van der Waals surface area contributed by atoms with Gasteiger partial charge in [-0.05, 0) is 18.6 Å². The predicted molar refractivity (Wildman–Crippen MR) is 63.9 cm³/mol. The molecule has 0 aliphatic rings. The van der Waals surface area contributed by atoms with Gasteiger partial charge in [-0.25, -0.2) is 4.79 Å². The summed E-state index contributed by atoms with van der Waals surface area (Å²) < 4.78 is 6.62. The van der Waals surface area contributed by atoms with Gasteiger partial charge in [0.25, 0.3) is 0 Å². The lowest BCUT2D eigenvalue weighted by Crippen LogP contribution is -2.22. The molecule has 5 nitrogen and oxygen atoms in total. The molecule has 0 spiro atoms. The van der Waals surface area contributed by atoms with E-state index in [4.69, 9.17) is 4.42 Å². The van der Waals surface area contributed by atoms with E-state index in [0.717, 1.165) is 11.1 Å². The maximum absolute atomic E-state index is 11.7. The van der Waals surface area contributed by atoms with Crippen molar-refractivity contribution in [3.8, 4) is 0 Å². The molecule has 1 aromatic heterocycles. The average molecular weight is 234 g/mol. The first-order valence-electron chi connectivity index (χ1n) is 5.43. The van der Waals surface area contributed by atoms with E-state index in [9.17, 15) is 9.59 Å². The Kier molecular flexibility index (Phi) is 2.99. The fourth-order valence-electron chi connectivity index (χ4n) is 1.84. The molecule has 0 saturated heterocycles. The van der Waals surface area contributed by atoms with E-state index in [1.54, 1.807) is 13.1 Å². The first-order chi connectivity index (χ1) is 8.13. The van der Waals surface area contributed by atoms with Crippen molar-refractivity contribution >= 4 is 17.0 Å². The Balaban J connectivity index is 2.42. The minimum absolute atomic E-state index is 0.0974. The smallest absolute Gasteiger partial charge is 0.408 e. The van der Waals surface area contributed by atoms with Gasteiger partial charge >= 0.3 is 5.76 Å². The van der Waals surface area contributed by atoms with Crippen molar-refractivity contribution in [2.24, 2.45) is 0 Å². The second-order valence-corrected chi connectivity index (χ2v) is 3.86. The fourth-order valence-corrected chi connectivity index (χ4v) is 1.84. The minimum atomic E-state index is -0.418. The molecule has 0 fully saturated rings. The Hall–Kier alpha value is -2.04. The Labute approximate surface area is 98.0 Å². The second kappa shape index (κ2) is 4.45. The first kappa shape index (κ1) is 11.4. The second-order valence-electron chi connectivity index (χ2n) is 3.86. The quantitative estimate of drug-likeness (QED) is 0.863. The van der Waals surface area contributed by atoms with E-state index in [0.29, 0.717) is 12.1 Å². The Morgan fingerprint density at radius 3 is 2.94 bits per heavy atom. The number of aryl methyl sites for hydroxylation is 2. The number of para-hydroxylation sites is 1. The highest BCUT2D eigenvalue weighted by Crippen LogP contribution is 2.17. The molecule has 0 aliphatic heterocycles. The van der Waals surface area contributed by atoms with Crippen molar-refractivity contribution in [3.63, 3.8) is 0 Å². The first-order valence-corrected chi connectivity index (χ1v) is 5.43. The van der Waals surface area contributed by atoms with Crippen molar-refractivity contribution in [1.82, 2.24) is 9.88 Å². The molecule has 1 aromatic carbocycles. The number of oxazole rings is 1. The van der Waals surface area contributed by atoms with E-state index in [2.05, 4.69) is 5.32 Å². The molecule has 0 unspecified atom stereocenters. The van der Waals surface area contributed by atoms with E-state index in [1.165, 1.54) is 4.57 Å². The van der Waals surface area contributed by atoms with Gasteiger partial charge in [0.1, 0.15) is 0 Å². The van der Waals surface area contributed by atoms with Gasteiger partial charge in [-0.15, -0.1) is 0 Å². The van der Waals surface area contributed by atoms with E-state index in [1.807, 2.05) is 19.1 Å². The molecular weight excluding hydrogens is 220 g/mol. The van der Waals surface area contributed by atoms with Gasteiger partial charge in [-0.2, -0.15) is 0 Å². The lowest BCUT2D eigenvalue weighted by molar-refractivity contribution is -0.120. The number of hydrogen-bond donors (Lipinski definition) is 1. The topological polar surface area (TPSA) is 64.2 Å². The number of aromatic nitrogens is 1. The van der Waals surface area contributed by atoms with Crippen LogP contribution in [0.3, 0.4) is 0 Å². The number of nitrogens with zero attached hydrogens (tertiary/aromatic N) is 1. The molecule has 0 atom stereocenters. The largest absolute Gasteiger partial charge is 0.419 e. The zero-order valence-electron chi connectivity index (χ0n) is 9.82. The summed E-state index contributed by atoms with van der Waals surface area (Å²) in [6.45, 7) is 2.24. The minimum Gasteiger partial charge on any atom is -0.408 e. The van der Waals surface area contributed by atoms with Crippen LogP contribution in [0.25, 0.3) is 11.1 Å². The Morgan fingerprint density at radius 2 is 2.24 bits per heavy atom. The number of rotatable bonds is 3. The maximum atomic E-state index is 11.7. The van der Waals surface area contributed by atoms with Gasteiger partial charge < -0.3 is 9.73 Å². The number of carbonyl (C=O) groups is 1. The summed E-state index contributed by atoms with van der Waals surface area (Å²) in [6.07, 6.45) is 0.263. The van der Waals surface area contributed by atoms with Gasteiger partial charge in [-0.3, -0.25) is 9.36 Å².